The fraction of sp³-hybridized carbons (Fsp3) is 0.571. The van der Waals surface area contributed by atoms with Gasteiger partial charge >= 0.3 is 0 Å². The number of sulfone groups is 1. The average Bonchev–Trinajstić information content (AvgIpc) is 2.37. The second-order valence-corrected chi connectivity index (χ2v) is 8.46. The van der Waals surface area contributed by atoms with Gasteiger partial charge in [0.25, 0.3) is 0 Å². The van der Waals surface area contributed by atoms with Crippen molar-refractivity contribution in [3.63, 3.8) is 0 Å². The van der Waals surface area contributed by atoms with Gasteiger partial charge < -0.3 is 10.0 Å². The molecule has 0 aliphatic rings. The minimum absolute atomic E-state index is 0.121. The molecule has 1 N–H and O–H groups in total. The monoisotopic (exact) mass is 313 g/mol. The molecule has 0 bridgehead atoms. The molecule has 0 atom stereocenters. The lowest BCUT2D eigenvalue weighted by Crippen LogP contribution is -2.19. The summed E-state index contributed by atoms with van der Waals surface area (Å²) in [5, 5.41) is 9.88. The van der Waals surface area contributed by atoms with E-state index in [1.165, 1.54) is 36.9 Å². The molecular weight excluding hydrogens is 290 g/mol. The Morgan fingerprint density at radius 3 is 2.60 bits per heavy atom. The summed E-state index contributed by atoms with van der Waals surface area (Å²) in [4.78, 5) is 2.16. The van der Waals surface area contributed by atoms with Crippen molar-refractivity contribution in [1.29, 1.82) is 0 Å². The van der Waals surface area contributed by atoms with Gasteiger partial charge in [-0.2, -0.15) is 0 Å². The van der Waals surface area contributed by atoms with Crippen LogP contribution in [0.3, 0.4) is 0 Å². The van der Waals surface area contributed by atoms with Crippen molar-refractivity contribution in [1.82, 2.24) is 0 Å². The SMILES string of the molecule is CCC[Si]CCCN(C)c1cc(S(C)(=O)=O)ccc1O. The molecule has 20 heavy (non-hydrogen) atoms. The van der Waals surface area contributed by atoms with Gasteiger partial charge in [-0.3, -0.25) is 0 Å². The zero-order valence-corrected chi connectivity index (χ0v) is 14.2. The molecule has 0 aromatic heterocycles. The summed E-state index contributed by atoms with van der Waals surface area (Å²) in [7, 11) is -0.375. The molecule has 0 amide bonds. The molecule has 1 aromatic rings. The van der Waals surface area contributed by atoms with E-state index in [0.717, 1.165) is 22.5 Å². The minimum atomic E-state index is -3.24. The van der Waals surface area contributed by atoms with Crippen LogP contribution in [0.5, 0.6) is 5.75 Å². The van der Waals surface area contributed by atoms with Crippen molar-refractivity contribution in [2.24, 2.45) is 0 Å². The van der Waals surface area contributed by atoms with Crippen LogP contribution in [0.1, 0.15) is 19.8 Å². The molecule has 2 radical (unpaired) electrons. The fourth-order valence-corrected chi connectivity index (χ4v) is 3.56. The van der Waals surface area contributed by atoms with Gasteiger partial charge in [0.2, 0.25) is 0 Å². The molecule has 0 aliphatic heterocycles. The number of rotatable bonds is 8. The van der Waals surface area contributed by atoms with Crippen molar-refractivity contribution in [3.05, 3.63) is 18.2 Å². The Bertz CT molecular complexity index is 531. The largest absolute Gasteiger partial charge is 0.506 e. The number of hydrogen-bond acceptors (Lipinski definition) is 4. The maximum atomic E-state index is 11.6. The molecule has 0 unspecified atom stereocenters. The van der Waals surface area contributed by atoms with E-state index in [0.29, 0.717) is 5.69 Å². The highest BCUT2D eigenvalue weighted by Crippen LogP contribution is 2.29. The standard InChI is InChI=1S/C14H23NO3SSi/c1-4-9-20-10-5-8-15(2)13-11-12(19(3,17)18)6-7-14(13)16/h6-7,11,16H,4-5,8-10H2,1-3H3. The predicted molar refractivity (Wildman–Crippen MR) is 84.8 cm³/mol. The van der Waals surface area contributed by atoms with Gasteiger partial charge in [-0.15, -0.1) is 0 Å². The summed E-state index contributed by atoms with van der Waals surface area (Å²) in [6, 6.07) is 6.88. The summed E-state index contributed by atoms with van der Waals surface area (Å²) in [5.41, 5.74) is 0.576. The first-order valence-electron chi connectivity index (χ1n) is 6.81. The first-order chi connectivity index (χ1) is 9.36. The Morgan fingerprint density at radius 1 is 1.30 bits per heavy atom. The van der Waals surface area contributed by atoms with Crippen LogP contribution in [0.15, 0.2) is 23.1 Å². The summed E-state index contributed by atoms with van der Waals surface area (Å²) in [5.74, 6) is 0.121. The molecule has 1 aromatic carbocycles. The summed E-state index contributed by atoms with van der Waals surface area (Å²) >= 11 is 0. The Morgan fingerprint density at radius 2 is 2.00 bits per heavy atom. The Balaban J connectivity index is 2.70. The van der Waals surface area contributed by atoms with Crippen molar-refractivity contribution in [3.8, 4) is 5.75 Å². The number of phenolic OH excluding ortho intramolecular Hbond substituents is 1. The molecule has 0 fully saturated rings. The van der Waals surface area contributed by atoms with Crippen molar-refractivity contribution < 1.29 is 13.5 Å². The number of nitrogens with zero attached hydrogens (tertiary/aromatic N) is 1. The van der Waals surface area contributed by atoms with Crippen LogP contribution in [0.4, 0.5) is 5.69 Å². The van der Waals surface area contributed by atoms with Crippen LogP contribution in [-0.4, -0.2) is 42.9 Å². The smallest absolute Gasteiger partial charge is 0.175 e. The second-order valence-electron chi connectivity index (χ2n) is 4.95. The van der Waals surface area contributed by atoms with E-state index in [1.54, 1.807) is 6.07 Å². The minimum Gasteiger partial charge on any atom is -0.506 e. The molecular formula is C14H23NO3SSi. The van der Waals surface area contributed by atoms with E-state index in [9.17, 15) is 13.5 Å². The van der Waals surface area contributed by atoms with Gasteiger partial charge in [-0.1, -0.05) is 25.4 Å². The van der Waals surface area contributed by atoms with E-state index in [-0.39, 0.29) is 10.6 Å². The lowest BCUT2D eigenvalue weighted by Gasteiger charge is -2.21. The summed E-state index contributed by atoms with van der Waals surface area (Å²) in [6.45, 7) is 3.01. The lowest BCUT2D eigenvalue weighted by atomic mass is 10.2. The van der Waals surface area contributed by atoms with E-state index >= 15 is 0 Å². The van der Waals surface area contributed by atoms with Crippen LogP contribution < -0.4 is 4.90 Å². The molecule has 0 aliphatic carbocycles. The second kappa shape index (κ2) is 7.69. The van der Waals surface area contributed by atoms with Crippen molar-refractivity contribution in [2.75, 3.05) is 24.7 Å². The maximum Gasteiger partial charge on any atom is 0.175 e. The zero-order valence-electron chi connectivity index (χ0n) is 12.4. The van der Waals surface area contributed by atoms with Gasteiger partial charge in [0.05, 0.1) is 10.6 Å². The zero-order chi connectivity index (χ0) is 15.2. The highest BCUT2D eigenvalue weighted by Gasteiger charge is 2.13. The number of phenols is 1. The maximum absolute atomic E-state index is 11.6. The number of benzene rings is 1. The van der Waals surface area contributed by atoms with Gasteiger partial charge in [0.15, 0.2) is 9.84 Å². The number of hydrogen-bond donors (Lipinski definition) is 1. The third-order valence-corrected chi connectivity index (χ3v) is 5.73. The topological polar surface area (TPSA) is 57.6 Å². The van der Waals surface area contributed by atoms with Crippen LogP contribution in [0.25, 0.3) is 0 Å². The Labute approximate surface area is 124 Å². The van der Waals surface area contributed by atoms with Gasteiger partial charge in [0.1, 0.15) is 5.75 Å². The fourth-order valence-electron chi connectivity index (χ4n) is 1.90. The third kappa shape index (κ3) is 5.17. The highest BCUT2D eigenvalue weighted by molar-refractivity contribution is 7.90. The van der Waals surface area contributed by atoms with Crippen LogP contribution >= 0.6 is 0 Å². The van der Waals surface area contributed by atoms with E-state index in [4.69, 9.17) is 0 Å². The molecule has 4 nitrogen and oxygen atoms in total. The molecule has 0 heterocycles. The quantitative estimate of drug-likeness (QED) is 0.592. The molecule has 112 valence electrons. The van der Waals surface area contributed by atoms with Crippen molar-refractivity contribution in [2.45, 2.75) is 36.7 Å². The summed E-state index contributed by atoms with van der Waals surface area (Å²) in [6.07, 6.45) is 3.46. The lowest BCUT2D eigenvalue weighted by molar-refractivity contribution is 0.474. The van der Waals surface area contributed by atoms with E-state index < -0.39 is 9.84 Å². The Hall–Kier alpha value is -1.01. The predicted octanol–water partition coefficient (Wildman–Crippen LogP) is 2.57. The molecule has 0 saturated carbocycles. The van der Waals surface area contributed by atoms with E-state index in [2.05, 4.69) is 6.92 Å². The normalized spacial score (nSPS) is 11.6. The number of anilines is 1. The summed E-state index contributed by atoms with van der Waals surface area (Å²) < 4.78 is 23.1. The average molecular weight is 313 g/mol. The molecule has 0 saturated heterocycles. The first kappa shape index (κ1) is 17.0. The number of aromatic hydroxyl groups is 1. The van der Waals surface area contributed by atoms with Crippen LogP contribution in [-0.2, 0) is 9.84 Å². The van der Waals surface area contributed by atoms with E-state index in [1.807, 2.05) is 11.9 Å². The van der Waals surface area contributed by atoms with Gasteiger partial charge in [0, 0.05) is 29.4 Å². The third-order valence-electron chi connectivity index (χ3n) is 3.06. The molecule has 0 spiro atoms. The van der Waals surface area contributed by atoms with Gasteiger partial charge in [-0.05, 0) is 24.6 Å². The first-order valence-corrected chi connectivity index (χ1v) is 10.1. The van der Waals surface area contributed by atoms with Crippen LogP contribution in [0.2, 0.25) is 12.1 Å². The Kier molecular flexibility index (Phi) is 6.55. The highest BCUT2D eigenvalue weighted by atomic mass is 32.2. The van der Waals surface area contributed by atoms with Gasteiger partial charge in [-0.25, -0.2) is 8.42 Å². The molecule has 1 rings (SSSR count). The molecule has 6 heteroatoms. The van der Waals surface area contributed by atoms with Crippen LogP contribution in [0, 0.1) is 0 Å². The van der Waals surface area contributed by atoms with Crippen molar-refractivity contribution >= 4 is 25.0 Å².